The third-order valence-corrected chi connectivity index (χ3v) is 18.1. The maximum atomic E-state index is 13.0. The van der Waals surface area contributed by atoms with E-state index in [4.69, 9.17) is 37.0 Å². The highest BCUT2D eigenvalue weighted by molar-refractivity contribution is 7.47. The molecule has 0 amide bonds. The van der Waals surface area contributed by atoms with Crippen molar-refractivity contribution in [2.24, 2.45) is 5.92 Å². The van der Waals surface area contributed by atoms with Gasteiger partial charge in [-0.25, -0.2) is 9.13 Å². The number of allylic oxidation sites excluding steroid dienone is 4. The number of unbranched alkanes of at least 4 members (excludes halogenated alkanes) is 39. The van der Waals surface area contributed by atoms with Crippen LogP contribution in [0, 0.1) is 5.92 Å². The molecule has 91 heavy (non-hydrogen) atoms. The monoisotopic (exact) mass is 1330 g/mol. The van der Waals surface area contributed by atoms with E-state index in [1.807, 2.05) is 0 Å². The number of carbonyl (C=O) groups excluding carboxylic acids is 4. The summed E-state index contributed by atoms with van der Waals surface area (Å²) in [6.45, 7) is 7.18. The summed E-state index contributed by atoms with van der Waals surface area (Å²) >= 11 is 0. The number of phosphoric acid groups is 2. The lowest BCUT2D eigenvalue weighted by molar-refractivity contribution is -0.161. The topological polar surface area (TPSA) is 237 Å². The molecule has 0 aromatic carbocycles. The molecule has 0 aliphatic rings. The summed E-state index contributed by atoms with van der Waals surface area (Å²) in [5, 5.41) is 10.6. The van der Waals surface area contributed by atoms with E-state index in [9.17, 15) is 43.2 Å². The quantitative estimate of drug-likeness (QED) is 0.0169. The number of hydrogen-bond acceptors (Lipinski definition) is 15. The minimum atomic E-state index is -4.96. The highest BCUT2D eigenvalue weighted by Crippen LogP contribution is 2.45. The smallest absolute Gasteiger partial charge is 0.462 e. The second-order valence-electron chi connectivity index (χ2n) is 25.8. The fourth-order valence-electron chi connectivity index (χ4n) is 10.5. The molecule has 0 spiro atoms. The first-order valence-corrected chi connectivity index (χ1v) is 39.9. The highest BCUT2D eigenvalue weighted by Gasteiger charge is 2.30. The first kappa shape index (κ1) is 88.5. The Morgan fingerprint density at radius 1 is 0.341 bits per heavy atom. The first-order chi connectivity index (χ1) is 44.0. The number of aliphatic hydroxyl groups excluding tert-OH is 1. The number of carbonyl (C=O) groups is 4. The van der Waals surface area contributed by atoms with Crippen molar-refractivity contribution in [2.75, 3.05) is 39.6 Å². The van der Waals surface area contributed by atoms with E-state index in [0.29, 0.717) is 25.7 Å². The van der Waals surface area contributed by atoms with E-state index in [1.54, 1.807) is 0 Å². The predicted octanol–water partition coefficient (Wildman–Crippen LogP) is 20.5. The third kappa shape index (κ3) is 66.0. The molecule has 0 saturated carbocycles. The van der Waals surface area contributed by atoms with Crippen LogP contribution < -0.4 is 0 Å². The second kappa shape index (κ2) is 64.9. The maximum Gasteiger partial charge on any atom is 0.472 e. The molecule has 0 fully saturated rings. The van der Waals surface area contributed by atoms with Gasteiger partial charge in [-0.15, -0.1) is 0 Å². The standard InChI is InChI=1S/C72H136O17P2/c1-6-9-12-15-18-21-24-26-27-29-31-38-43-48-53-58-72(77)89-68(62-83-70(75)56-51-46-41-36-33-32-34-39-44-49-54-65(4)5)64-87-91(80,81)85-60-66(73)59-84-90(78,79)86-63-67(61-82-69(74)55-50-45-40-35-23-20-17-14-11-8-3)88-71(76)57-52-47-42-37-30-28-25-22-19-16-13-10-7-2/h21,24,26-27,65-68,73H,6-20,22-23,25,28-64H2,1-5H3,(H,78,79)(H,80,81)/b24-21-,27-26-/t66-,67+,68+/m0/s1. The third-order valence-electron chi connectivity index (χ3n) is 16.2. The number of ether oxygens (including phenoxy) is 4. The van der Waals surface area contributed by atoms with Gasteiger partial charge in [-0.1, -0.05) is 296 Å². The van der Waals surface area contributed by atoms with Crippen molar-refractivity contribution in [3.63, 3.8) is 0 Å². The van der Waals surface area contributed by atoms with E-state index < -0.39 is 97.5 Å². The van der Waals surface area contributed by atoms with Gasteiger partial charge in [-0.2, -0.15) is 0 Å². The van der Waals surface area contributed by atoms with Crippen LogP contribution in [0.4, 0.5) is 0 Å². The zero-order chi connectivity index (χ0) is 67.0. The van der Waals surface area contributed by atoms with Crippen molar-refractivity contribution in [2.45, 2.75) is 368 Å². The molecule has 5 atom stereocenters. The van der Waals surface area contributed by atoms with Gasteiger partial charge in [0.15, 0.2) is 12.2 Å². The van der Waals surface area contributed by atoms with Crippen molar-refractivity contribution in [3.8, 4) is 0 Å². The van der Waals surface area contributed by atoms with Crippen LogP contribution in [0.2, 0.25) is 0 Å². The van der Waals surface area contributed by atoms with E-state index in [-0.39, 0.29) is 25.7 Å². The van der Waals surface area contributed by atoms with Crippen LogP contribution in [-0.2, 0) is 65.4 Å². The average molecular weight is 1340 g/mol. The van der Waals surface area contributed by atoms with Gasteiger partial charge in [0.2, 0.25) is 0 Å². The molecule has 0 aromatic heterocycles. The Bertz CT molecular complexity index is 1850. The molecule has 19 heteroatoms. The number of esters is 4. The SMILES string of the molecule is CCCCCC/C=C\C=C/CCCCCCCC(=O)O[C@H](COC(=O)CCCCCCCCCCCCC(C)C)COP(=O)(O)OC[C@@H](O)COP(=O)(O)OC[C@@H](COC(=O)CCCCCCCCCCCC)OC(=O)CCCCCCCCCCCCCCC. The van der Waals surface area contributed by atoms with E-state index in [1.165, 1.54) is 161 Å². The maximum absolute atomic E-state index is 13.0. The van der Waals surface area contributed by atoms with Gasteiger partial charge in [0.1, 0.15) is 19.3 Å². The second-order valence-corrected chi connectivity index (χ2v) is 28.7. The van der Waals surface area contributed by atoms with Crippen LogP contribution in [0.25, 0.3) is 0 Å². The summed E-state index contributed by atoms with van der Waals surface area (Å²) in [6, 6.07) is 0. The largest absolute Gasteiger partial charge is 0.472 e. The van der Waals surface area contributed by atoms with E-state index in [0.717, 1.165) is 109 Å². The van der Waals surface area contributed by atoms with Crippen molar-refractivity contribution in [1.29, 1.82) is 0 Å². The van der Waals surface area contributed by atoms with Gasteiger partial charge >= 0.3 is 39.5 Å². The van der Waals surface area contributed by atoms with Gasteiger partial charge < -0.3 is 33.8 Å². The Hall–Kier alpha value is -2.46. The fraction of sp³-hybridized carbons (Fsp3) is 0.889. The average Bonchev–Trinajstić information content (AvgIpc) is 3.06. The molecule has 0 aliphatic carbocycles. The minimum Gasteiger partial charge on any atom is -0.462 e. The molecule has 536 valence electrons. The summed E-state index contributed by atoms with van der Waals surface area (Å²) in [4.78, 5) is 72.6. The Morgan fingerprint density at radius 3 is 0.901 bits per heavy atom. The lowest BCUT2D eigenvalue weighted by Crippen LogP contribution is -2.30. The number of rotatable bonds is 70. The molecule has 0 saturated heterocycles. The fourth-order valence-corrected chi connectivity index (χ4v) is 12.0. The van der Waals surface area contributed by atoms with Gasteiger partial charge in [0.05, 0.1) is 26.4 Å². The molecule has 3 N–H and O–H groups in total. The summed E-state index contributed by atoms with van der Waals surface area (Å²) in [6.07, 6.45) is 54.8. The Morgan fingerprint density at radius 2 is 0.593 bits per heavy atom. The first-order valence-electron chi connectivity index (χ1n) is 37.0. The predicted molar refractivity (Wildman–Crippen MR) is 368 cm³/mol. The van der Waals surface area contributed by atoms with Crippen LogP contribution in [0.15, 0.2) is 24.3 Å². The van der Waals surface area contributed by atoms with Crippen molar-refractivity contribution in [1.82, 2.24) is 0 Å². The number of hydrogen-bond donors (Lipinski definition) is 3. The van der Waals surface area contributed by atoms with Crippen LogP contribution in [-0.4, -0.2) is 96.7 Å². The molecule has 0 radical (unpaired) electrons. The van der Waals surface area contributed by atoms with Crippen molar-refractivity contribution >= 4 is 39.5 Å². The number of aliphatic hydroxyl groups is 1. The summed E-state index contributed by atoms with van der Waals surface area (Å²) < 4.78 is 68.3. The van der Waals surface area contributed by atoms with Gasteiger partial charge in [0.25, 0.3) is 0 Å². The minimum absolute atomic E-state index is 0.0850. The Labute approximate surface area is 554 Å². The summed E-state index contributed by atoms with van der Waals surface area (Å²) in [5.41, 5.74) is 0. The molecule has 0 aliphatic heterocycles. The zero-order valence-electron chi connectivity index (χ0n) is 58.5. The highest BCUT2D eigenvalue weighted by atomic mass is 31.2. The van der Waals surface area contributed by atoms with Crippen LogP contribution in [0.1, 0.15) is 349 Å². The lowest BCUT2D eigenvalue weighted by Gasteiger charge is -2.21. The normalized spacial score (nSPS) is 14.2. The Balaban J connectivity index is 5.29. The molecular weight excluding hydrogens is 1200 g/mol. The van der Waals surface area contributed by atoms with E-state index >= 15 is 0 Å². The lowest BCUT2D eigenvalue weighted by atomic mass is 10.0. The molecule has 0 aromatic rings. The van der Waals surface area contributed by atoms with Crippen LogP contribution in [0.3, 0.4) is 0 Å². The molecule has 2 unspecified atom stereocenters. The zero-order valence-corrected chi connectivity index (χ0v) is 60.3. The summed E-state index contributed by atoms with van der Waals surface area (Å²) in [5.74, 6) is -1.39. The van der Waals surface area contributed by atoms with Crippen molar-refractivity contribution < 1.29 is 80.2 Å². The van der Waals surface area contributed by atoms with Gasteiger partial charge in [0, 0.05) is 25.7 Å². The molecule has 0 rings (SSSR count). The van der Waals surface area contributed by atoms with Crippen molar-refractivity contribution in [3.05, 3.63) is 24.3 Å². The van der Waals surface area contributed by atoms with Crippen LogP contribution in [0.5, 0.6) is 0 Å². The van der Waals surface area contributed by atoms with E-state index in [2.05, 4.69) is 58.9 Å². The van der Waals surface area contributed by atoms with Crippen LogP contribution >= 0.6 is 15.6 Å². The summed E-state index contributed by atoms with van der Waals surface area (Å²) in [7, 11) is -9.91. The van der Waals surface area contributed by atoms with Gasteiger partial charge in [-0.05, 0) is 57.3 Å². The Kier molecular flexibility index (Phi) is 63.1. The molecular formula is C72H136O17P2. The van der Waals surface area contributed by atoms with Gasteiger partial charge in [-0.3, -0.25) is 37.3 Å². The molecule has 0 bridgehead atoms. The molecule has 17 nitrogen and oxygen atoms in total. The molecule has 0 heterocycles. The number of phosphoric ester groups is 2.